The average molecular weight is 175 g/mol. The maximum Gasteiger partial charge on any atom is 0.0482 e. The molecule has 0 aliphatic rings. The predicted molar refractivity (Wildman–Crippen MR) is 48.0 cm³/mol. The largest absolute Gasteiger partial charge is 0.148 e. The van der Waals surface area contributed by atoms with Crippen molar-refractivity contribution >= 4 is 22.9 Å². The lowest BCUT2D eigenvalue weighted by molar-refractivity contribution is 0.888. The fraction of sp³-hybridized carbons (Fsp3) is 0.500. The van der Waals surface area contributed by atoms with Gasteiger partial charge in [0.25, 0.3) is 0 Å². The highest BCUT2D eigenvalue weighted by molar-refractivity contribution is 7.10. The topological polar surface area (TPSA) is 0 Å². The van der Waals surface area contributed by atoms with Gasteiger partial charge in [0.15, 0.2) is 0 Å². The number of thiophene rings is 1. The number of hydrogen-bond acceptors (Lipinski definition) is 1. The first-order valence-electron chi connectivity index (χ1n) is 3.37. The summed E-state index contributed by atoms with van der Waals surface area (Å²) in [4.78, 5) is 1.43. The van der Waals surface area contributed by atoms with Crippen molar-refractivity contribution in [1.82, 2.24) is 0 Å². The Morgan fingerprint density at radius 1 is 1.60 bits per heavy atom. The molecule has 10 heavy (non-hydrogen) atoms. The molecule has 1 heterocycles. The zero-order valence-corrected chi connectivity index (χ0v) is 7.80. The summed E-state index contributed by atoms with van der Waals surface area (Å²) in [6.07, 6.45) is 0. The van der Waals surface area contributed by atoms with Crippen LogP contribution in [0.2, 0.25) is 0 Å². The van der Waals surface area contributed by atoms with E-state index in [1.54, 1.807) is 11.3 Å². The predicted octanol–water partition coefficient (Wildman–Crippen LogP) is 3.61. The number of alkyl halides is 1. The van der Waals surface area contributed by atoms with E-state index in [1.807, 2.05) is 0 Å². The third-order valence-corrected chi connectivity index (χ3v) is 2.99. The van der Waals surface area contributed by atoms with Crippen molar-refractivity contribution in [2.45, 2.75) is 25.6 Å². The summed E-state index contributed by atoms with van der Waals surface area (Å²) < 4.78 is 0. The van der Waals surface area contributed by atoms with Gasteiger partial charge in [0.05, 0.1) is 0 Å². The first-order chi connectivity index (χ1) is 4.74. The van der Waals surface area contributed by atoms with Crippen molar-refractivity contribution in [2.24, 2.45) is 0 Å². The second kappa shape index (κ2) is 3.40. The Labute approximate surface area is 70.8 Å². The summed E-state index contributed by atoms with van der Waals surface area (Å²) in [6, 6.07) is 2.18. The van der Waals surface area contributed by atoms with Crippen molar-refractivity contribution in [1.29, 1.82) is 0 Å². The molecular weight excluding hydrogens is 164 g/mol. The fourth-order valence-electron chi connectivity index (χ4n) is 0.767. The Balaban J connectivity index is 2.78. The first kappa shape index (κ1) is 8.09. The first-order valence-corrected chi connectivity index (χ1v) is 4.78. The standard InChI is InChI=1S/C8H11ClS/c1-6(2)8-3-7(4-9)5-10-8/h3,5-6H,4H2,1-2H3. The van der Waals surface area contributed by atoms with Crippen LogP contribution in [-0.4, -0.2) is 0 Å². The number of halogens is 1. The zero-order valence-electron chi connectivity index (χ0n) is 6.23. The molecule has 0 nitrogen and oxygen atoms in total. The Morgan fingerprint density at radius 3 is 2.60 bits per heavy atom. The fourth-order valence-corrected chi connectivity index (χ4v) is 1.94. The lowest BCUT2D eigenvalue weighted by Gasteiger charge is -1.96. The highest BCUT2D eigenvalue weighted by atomic mass is 35.5. The second-order valence-corrected chi connectivity index (χ2v) is 3.86. The molecule has 0 fully saturated rings. The molecule has 2 heteroatoms. The van der Waals surface area contributed by atoms with E-state index in [4.69, 9.17) is 11.6 Å². The van der Waals surface area contributed by atoms with Gasteiger partial charge in [-0.15, -0.1) is 22.9 Å². The van der Waals surface area contributed by atoms with Crippen molar-refractivity contribution in [2.75, 3.05) is 0 Å². The lowest BCUT2D eigenvalue weighted by Crippen LogP contribution is -1.78. The van der Waals surface area contributed by atoms with Gasteiger partial charge in [-0.25, -0.2) is 0 Å². The molecule has 0 radical (unpaired) electrons. The molecule has 56 valence electrons. The van der Waals surface area contributed by atoms with E-state index in [0.717, 1.165) is 0 Å². The molecule has 1 aromatic heterocycles. The second-order valence-electron chi connectivity index (χ2n) is 2.65. The van der Waals surface area contributed by atoms with Crippen molar-refractivity contribution < 1.29 is 0 Å². The van der Waals surface area contributed by atoms with Crippen LogP contribution in [0.3, 0.4) is 0 Å². The minimum atomic E-state index is 0.641. The van der Waals surface area contributed by atoms with Crippen LogP contribution >= 0.6 is 22.9 Å². The third kappa shape index (κ3) is 1.74. The van der Waals surface area contributed by atoms with Gasteiger partial charge in [-0.3, -0.25) is 0 Å². The van der Waals surface area contributed by atoms with Crippen LogP contribution in [-0.2, 0) is 5.88 Å². The molecule has 0 bridgehead atoms. The van der Waals surface area contributed by atoms with Crippen molar-refractivity contribution in [3.63, 3.8) is 0 Å². The van der Waals surface area contributed by atoms with Gasteiger partial charge in [0.1, 0.15) is 0 Å². The Kier molecular flexibility index (Phi) is 2.75. The number of hydrogen-bond donors (Lipinski definition) is 0. The highest BCUT2D eigenvalue weighted by Gasteiger charge is 2.01. The van der Waals surface area contributed by atoms with Crippen LogP contribution in [0.25, 0.3) is 0 Å². The van der Waals surface area contributed by atoms with Crippen LogP contribution < -0.4 is 0 Å². The molecule has 1 rings (SSSR count). The van der Waals surface area contributed by atoms with Crippen LogP contribution in [0, 0.1) is 0 Å². The normalized spacial score (nSPS) is 10.8. The Morgan fingerprint density at radius 2 is 2.30 bits per heavy atom. The Hall–Kier alpha value is -0.0100. The SMILES string of the molecule is CC(C)c1cc(CCl)cs1. The van der Waals surface area contributed by atoms with E-state index in [-0.39, 0.29) is 0 Å². The molecule has 0 aromatic carbocycles. The van der Waals surface area contributed by atoms with E-state index in [9.17, 15) is 0 Å². The van der Waals surface area contributed by atoms with Crippen molar-refractivity contribution in [3.8, 4) is 0 Å². The van der Waals surface area contributed by atoms with E-state index < -0.39 is 0 Å². The molecule has 0 atom stereocenters. The van der Waals surface area contributed by atoms with Crippen LogP contribution in [0.5, 0.6) is 0 Å². The van der Waals surface area contributed by atoms with E-state index >= 15 is 0 Å². The smallest absolute Gasteiger partial charge is 0.0482 e. The maximum atomic E-state index is 5.65. The maximum absolute atomic E-state index is 5.65. The van der Waals surface area contributed by atoms with Gasteiger partial charge in [0, 0.05) is 10.8 Å². The monoisotopic (exact) mass is 174 g/mol. The summed E-state index contributed by atoms with van der Waals surface area (Å²) in [6.45, 7) is 4.40. The molecular formula is C8H11ClS. The molecule has 0 spiro atoms. The van der Waals surface area contributed by atoms with Gasteiger partial charge in [-0.05, 0) is 22.9 Å². The third-order valence-electron chi connectivity index (χ3n) is 1.40. The Bertz CT molecular complexity index is 203. The summed E-state index contributed by atoms with van der Waals surface area (Å²) >= 11 is 7.45. The van der Waals surface area contributed by atoms with Gasteiger partial charge >= 0.3 is 0 Å². The van der Waals surface area contributed by atoms with Crippen LogP contribution in [0.15, 0.2) is 11.4 Å². The molecule has 0 unspecified atom stereocenters. The van der Waals surface area contributed by atoms with Gasteiger partial charge in [-0.1, -0.05) is 13.8 Å². The summed E-state index contributed by atoms with van der Waals surface area (Å²) in [5.41, 5.74) is 1.25. The average Bonchev–Trinajstić information content (AvgIpc) is 2.34. The van der Waals surface area contributed by atoms with E-state index in [2.05, 4.69) is 25.3 Å². The van der Waals surface area contributed by atoms with E-state index in [1.165, 1.54) is 10.4 Å². The molecule has 1 aromatic rings. The van der Waals surface area contributed by atoms with Crippen LogP contribution in [0.1, 0.15) is 30.2 Å². The molecule has 0 aliphatic heterocycles. The minimum absolute atomic E-state index is 0.641. The van der Waals surface area contributed by atoms with Gasteiger partial charge < -0.3 is 0 Å². The lowest BCUT2D eigenvalue weighted by atomic mass is 10.2. The van der Waals surface area contributed by atoms with E-state index in [0.29, 0.717) is 11.8 Å². The van der Waals surface area contributed by atoms with Crippen molar-refractivity contribution in [3.05, 3.63) is 21.9 Å². The molecule has 0 N–H and O–H groups in total. The summed E-state index contributed by atoms with van der Waals surface area (Å²) in [7, 11) is 0. The molecule has 0 aliphatic carbocycles. The minimum Gasteiger partial charge on any atom is -0.148 e. The molecule has 0 saturated carbocycles. The van der Waals surface area contributed by atoms with Gasteiger partial charge in [0.2, 0.25) is 0 Å². The zero-order chi connectivity index (χ0) is 7.56. The number of rotatable bonds is 2. The molecule has 0 saturated heterocycles. The molecule has 0 amide bonds. The quantitative estimate of drug-likeness (QED) is 0.601. The summed E-state index contributed by atoms with van der Waals surface area (Å²) in [5, 5.41) is 2.13. The highest BCUT2D eigenvalue weighted by Crippen LogP contribution is 2.23. The van der Waals surface area contributed by atoms with Gasteiger partial charge in [-0.2, -0.15) is 0 Å². The summed E-state index contributed by atoms with van der Waals surface area (Å²) in [5.74, 6) is 1.28. The van der Waals surface area contributed by atoms with Crippen LogP contribution in [0.4, 0.5) is 0 Å².